The number of hydrogen-bond donors (Lipinski definition) is 1. The van der Waals surface area contributed by atoms with Crippen LogP contribution in [0.3, 0.4) is 0 Å². The van der Waals surface area contributed by atoms with E-state index in [0.29, 0.717) is 27.1 Å². The average molecular weight is 315 g/mol. The minimum atomic E-state index is -0.872. The lowest BCUT2D eigenvalue weighted by atomic mass is 10.0. The number of ether oxygens (including phenoxy) is 3. The van der Waals surface area contributed by atoms with Crippen molar-refractivity contribution in [3.63, 3.8) is 0 Å². The van der Waals surface area contributed by atoms with Crippen LogP contribution in [0, 0.1) is 0 Å². The Balaban J connectivity index is 2.53. The van der Waals surface area contributed by atoms with Crippen molar-refractivity contribution in [2.24, 2.45) is 0 Å². The molecule has 0 aliphatic rings. The van der Waals surface area contributed by atoms with Crippen molar-refractivity contribution >= 4 is 22.9 Å². The lowest BCUT2D eigenvalue weighted by Gasteiger charge is -2.18. The zero-order valence-corrected chi connectivity index (χ0v) is 12.9. The van der Waals surface area contributed by atoms with Gasteiger partial charge >= 0.3 is 0 Å². The molecule has 108 valence electrons. The highest BCUT2D eigenvalue weighted by Gasteiger charge is 2.23. The highest BCUT2D eigenvalue weighted by Crippen LogP contribution is 2.42. The molecule has 0 spiro atoms. The molecule has 2 aromatic rings. The molecular formula is C14H15ClO4S. The highest BCUT2D eigenvalue weighted by molar-refractivity contribution is 7.16. The van der Waals surface area contributed by atoms with E-state index >= 15 is 0 Å². The van der Waals surface area contributed by atoms with E-state index in [-0.39, 0.29) is 0 Å². The number of aliphatic hydroxyl groups is 1. The molecule has 0 amide bonds. The maximum atomic E-state index is 10.5. The van der Waals surface area contributed by atoms with Crippen LogP contribution >= 0.6 is 22.9 Å². The number of aliphatic hydroxyl groups excluding tert-OH is 1. The fourth-order valence-electron chi connectivity index (χ4n) is 1.92. The molecule has 1 aromatic carbocycles. The Bertz CT molecular complexity index is 572. The Morgan fingerprint density at radius 1 is 1.05 bits per heavy atom. The molecule has 1 unspecified atom stereocenters. The molecule has 0 radical (unpaired) electrons. The Morgan fingerprint density at radius 3 is 2.05 bits per heavy atom. The summed E-state index contributed by atoms with van der Waals surface area (Å²) in [4.78, 5) is 0.719. The second-order valence-corrected chi connectivity index (χ2v) is 5.74. The van der Waals surface area contributed by atoms with Gasteiger partial charge in [0.2, 0.25) is 0 Å². The number of methoxy groups -OCH3 is 3. The lowest BCUT2D eigenvalue weighted by Crippen LogP contribution is -2.04. The van der Waals surface area contributed by atoms with Crippen LogP contribution < -0.4 is 14.2 Å². The van der Waals surface area contributed by atoms with Crippen molar-refractivity contribution in [1.82, 2.24) is 0 Å². The van der Waals surface area contributed by atoms with E-state index in [1.165, 1.54) is 25.6 Å². The van der Waals surface area contributed by atoms with Gasteiger partial charge in [0, 0.05) is 17.0 Å². The summed E-state index contributed by atoms with van der Waals surface area (Å²) >= 11 is 7.22. The monoisotopic (exact) mass is 314 g/mol. The molecule has 0 saturated heterocycles. The highest BCUT2D eigenvalue weighted by atomic mass is 35.5. The van der Waals surface area contributed by atoms with Crippen molar-refractivity contribution < 1.29 is 19.3 Å². The number of thiophene rings is 1. The summed E-state index contributed by atoms with van der Waals surface area (Å²) in [6.45, 7) is 0. The van der Waals surface area contributed by atoms with Gasteiger partial charge in [-0.1, -0.05) is 11.6 Å². The molecule has 0 aliphatic heterocycles. The fourth-order valence-corrected chi connectivity index (χ4v) is 2.98. The van der Waals surface area contributed by atoms with Crippen LogP contribution in [0.25, 0.3) is 0 Å². The molecule has 1 atom stereocenters. The number of benzene rings is 1. The molecule has 1 aromatic heterocycles. The second-order valence-electron chi connectivity index (χ2n) is 3.99. The van der Waals surface area contributed by atoms with Gasteiger partial charge in [0.25, 0.3) is 0 Å². The van der Waals surface area contributed by atoms with Crippen LogP contribution in [0.15, 0.2) is 24.3 Å². The molecule has 0 saturated carbocycles. The van der Waals surface area contributed by atoms with Gasteiger partial charge in [-0.05, 0) is 12.1 Å². The standard InChI is InChI=1S/C14H15ClO4S/c1-17-8-6-9(18-2)13(10(7-8)19-3)14(16)11-4-5-12(15)20-11/h4-7,14,16H,1-3H3. The number of halogens is 1. The summed E-state index contributed by atoms with van der Waals surface area (Å²) in [5.41, 5.74) is 0.550. The normalized spacial score (nSPS) is 12.1. The first kappa shape index (κ1) is 15.0. The van der Waals surface area contributed by atoms with Crippen LogP contribution in [0.2, 0.25) is 4.34 Å². The first-order valence-corrected chi connectivity index (χ1v) is 7.03. The van der Waals surface area contributed by atoms with E-state index in [1.807, 2.05) is 0 Å². The number of rotatable bonds is 5. The molecule has 0 aliphatic carbocycles. The van der Waals surface area contributed by atoms with Crippen LogP contribution in [0.5, 0.6) is 17.2 Å². The zero-order valence-electron chi connectivity index (χ0n) is 11.3. The minimum absolute atomic E-state index is 0.498. The molecule has 6 heteroatoms. The minimum Gasteiger partial charge on any atom is -0.496 e. The zero-order chi connectivity index (χ0) is 14.7. The van der Waals surface area contributed by atoms with Gasteiger partial charge in [-0.25, -0.2) is 0 Å². The first-order valence-electron chi connectivity index (χ1n) is 5.84. The first-order chi connectivity index (χ1) is 9.60. The third-order valence-electron chi connectivity index (χ3n) is 2.89. The van der Waals surface area contributed by atoms with E-state index in [1.54, 1.807) is 31.4 Å². The fraction of sp³-hybridized carbons (Fsp3) is 0.286. The molecule has 1 heterocycles. The topological polar surface area (TPSA) is 47.9 Å². The van der Waals surface area contributed by atoms with Gasteiger partial charge in [-0.2, -0.15) is 0 Å². The Labute approximate surface area is 126 Å². The number of hydrogen-bond acceptors (Lipinski definition) is 5. The summed E-state index contributed by atoms with van der Waals surface area (Å²) in [6, 6.07) is 6.93. The molecule has 2 rings (SSSR count). The van der Waals surface area contributed by atoms with Crippen molar-refractivity contribution in [3.8, 4) is 17.2 Å². The van der Waals surface area contributed by atoms with E-state index in [2.05, 4.69) is 0 Å². The van der Waals surface area contributed by atoms with E-state index in [4.69, 9.17) is 25.8 Å². The van der Waals surface area contributed by atoms with E-state index < -0.39 is 6.10 Å². The molecule has 0 fully saturated rings. The summed E-state index contributed by atoms with van der Waals surface area (Å²) < 4.78 is 16.5. The van der Waals surface area contributed by atoms with Gasteiger partial charge in [0.15, 0.2) is 0 Å². The van der Waals surface area contributed by atoms with E-state index in [9.17, 15) is 5.11 Å². The van der Waals surface area contributed by atoms with Gasteiger partial charge in [0.05, 0.1) is 31.2 Å². The summed E-state index contributed by atoms with van der Waals surface area (Å²) in [5.74, 6) is 1.59. The van der Waals surface area contributed by atoms with E-state index in [0.717, 1.165) is 4.88 Å². The van der Waals surface area contributed by atoms with Gasteiger partial charge in [-0.15, -0.1) is 11.3 Å². The molecule has 0 bridgehead atoms. The van der Waals surface area contributed by atoms with Crippen molar-refractivity contribution in [1.29, 1.82) is 0 Å². The van der Waals surface area contributed by atoms with Crippen LogP contribution in [0.4, 0.5) is 0 Å². The predicted molar refractivity (Wildman–Crippen MR) is 79.5 cm³/mol. The summed E-state index contributed by atoms with van der Waals surface area (Å²) in [6.07, 6.45) is -0.872. The smallest absolute Gasteiger partial charge is 0.132 e. The maximum Gasteiger partial charge on any atom is 0.132 e. The SMILES string of the molecule is COc1cc(OC)c(C(O)c2ccc(Cl)s2)c(OC)c1. The second kappa shape index (κ2) is 6.35. The van der Waals surface area contributed by atoms with Crippen LogP contribution in [-0.2, 0) is 0 Å². The molecule has 1 N–H and O–H groups in total. The van der Waals surface area contributed by atoms with Gasteiger partial charge < -0.3 is 19.3 Å². The average Bonchev–Trinajstić information content (AvgIpc) is 2.91. The largest absolute Gasteiger partial charge is 0.496 e. The van der Waals surface area contributed by atoms with Crippen molar-refractivity contribution in [3.05, 3.63) is 39.0 Å². The van der Waals surface area contributed by atoms with Crippen LogP contribution in [0.1, 0.15) is 16.5 Å². The lowest BCUT2D eigenvalue weighted by molar-refractivity contribution is 0.212. The van der Waals surface area contributed by atoms with Gasteiger partial charge in [-0.3, -0.25) is 0 Å². The quantitative estimate of drug-likeness (QED) is 0.917. The Kier molecular flexibility index (Phi) is 4.75. The van der Waals surface area contributed by atoms with Crippen LogP contribution in [-0.4, -0.2) is 26.4 Å². The van der Waals surface area contributed by atoms with Crippen molar-refractivity contribution in [2.45, 2.75) is 6.10 Å². The summed E-state index contributed by atoms with van der Waals surface area (Å²) in [5, 5.41) is 10.5. The molecule has 20 heavy (non-hydrogen) atoms. The third kappa shape index (κ3) is 2.85. The Morgan fingerprint density at radius 2 is 1.65 bits per heavy atom. The predicted octanol–water partition coefficient (Wildman–Crippen LogP) is 3.51. The summed E-state index contributed by atoms with van der Waals surface area (Å²) in [7, 11) is 4.63. The third-order valence-corrected chi connectivity index (χ3v) is 4.17. The molecule has 4 nitrogen and oxygen atoms in total. The maximum absolute atomic E-state index is 10.5. The van der Waals surface area contributed by atoms with Crippen molar-refractivity contribution in [2.75, 3.05) is 21.3 Å². The van der Waals surface area contributed by atoms with Gasteiger partial charge in [0.1, 0.15) is 23.4 Å². The molecular weight excluding hydrogens is 300 g/mol. The Hall–Kier alpha value is -1.43.